The van der Waals surface area contributed by atoms with Gasteiger partial charge in [-0.2, -0.15) is 0 Å². The fourth-order valence-electron chi connectivity index (χ4n) is 3.81. The third-order valence-corrected chi connectivity index (χ3v) is 5.50. The fraction of sp³-hybridized carbons (Fsp3) is 0.185. The zero-order chi connectivity index (χ0) is 22.2. The van der Waals surface area contributed by atoms with Gasteiger partial charge in [-0.1, -0.05) is 66.7 Å². The molecule has 4 aromatic rings. The molecule has 0 saturated carbocycles. The number of amides is 2. The molecule has 3 aromatic carbocycles. The second kappa shape index (κ2) is 10.4. The Kier molecular flexibility index (Phi) is 6.98. The zero-order valence-corrected chi connectivity index (χ0v) is 17.9. The normalized spacial score (nSPS) is 11.8. The molecular weight excluding hydrogens is 398 g/mol. The molecule has 0 saturated heterocycles. The quantitative estimate of drug-likeness (QED) is 0.395. The summed E-state index contributed by atoms with van der Waals surface area (Å²) in [6, 6.07) is 28.4. The van der Waals surface area contributed by atoms with Crippen molar-refractivity contribution in [3.05, 3.63) is 108 Å². The number of nitrogens with one attached hydrogen (secondary N) is 2. The van der Waals surface area contributed by atoms with Crippen molar-refractivity contribution < 1.29 is 9.59 Å². The molecular formula is C27H27N3O2. The molecule has 0 spiro atoms. The number of hydrogen-bond donors (Lipinski definition) is 2. The summed E-state index contributed by atoms with van der Waals surface area (Å²) >= 11 is 0. The lowest BCUT2D eigenvalue weighted by molar-refractivity contribution is -0.122. The van der Waals surface area contributed by atoms with Gasteiger partial charge in [0.05, 0.1) is 0 Å². The van der Waals surface area contributed by atoms with Crippen LogP contribution in [0.1, 0.15) is 22.3 Å². The highest BCUT2D eigenvalue weighted by atomic mass is 16.2. The van der Waals surface area contributed by atoms with E-state index in [1.807, 2.05) is 60.7 Å². The van der Waals surface area contributed by atoms with Gasteiger partial charge < -0.3 is 15.2 Å². The molecule has 0 bridgehead atoms. The molecule has 2 amide bonds. The van der Waals surface area contributed by atoms with Crippen LogP contribution in [0.5, 0.6) is 0 Å². The van der Waals surface area contributed by atoms with Gasteiger partial charge in [-0.15, -0.1) is 0 Å². The number of para-hydroxylation sites is 1. The van der Waals surface area contributed by atoms with Crippen molar-refractivity contribution in [3.8, 4) is 0 Å². The van der Waals surface area contributed by atoms with Crippen LogP contribution in [0.15, 0.2) is 97.2 Å². The minimum absolute atomic E-state index is 0.171. The molecule has 0 fully saturated rings. The largest absolute Gasteiger partial charge is 0.354 e. The van der Waals surface area contributed by atoms with Crippen LogP contribution in [0.3, 0.4) is 0 Å². The summed E-state index contributed by atoms with van der Waals surface area (Å²) in [6.07, 6.45) is 3.31. The van der Waals surface area contributed by atoms with Crippen molar-refractivity contribution in [2.24, 2.45) is 0 Å². The lowest BCUT2D eigenvalue weighted by Crippen LogP contribution is -2.48. The SMILES string of the molecule is O=C(NC(Cc1ccccc1)C(=O)NCCCn1ccc2ccccc21)c1ccccc1. The summed E-state index contributed by atoms with van der Waals surface area (Å²) in [6.45, 7) is 1.35. The van der Waals surface area contributed by atoms with E-state index >= 15 is 0 Å². The lowest BCUT2D eigenvalue weighted by atomic mass is 10.0. The van der Waals surface area contributed by atoms with Gasteiger partial charge in [-0.25, -0.2) is 0 Å². The van der Waals surface area contributed by atoms with Gasteiger partial charge in [0.25, 0.3) is 5.91 Å². The second-order valence-corrected chi connectivity index (χ2v) is 7.79. The Bertz CT molecular complexity index is 1170. The van der Waals surface area contributed by atoms with Crippen LogP contribution in [0.4, 0.5) is 0 Å². The Morgan fingerprint density at radius 1 is 0.812 bits per heavy atom. The topological polar surface area (TPSA) is 63.1 Å². The van der Waals surface area contributed by atoms with E-state index in [1.165, 1.54) is 10.9 Å². The molecule has 0 aliphatic heterocycles. The van der Waals surface area contributed by atoms with Crippen LogP contribution in [-0.4, -0.2) is 29.0 Å². The first-order valence-electron chi connectivity index (χ1n) is 10.9. The first-order chi connectivity index (χ1) is 15.7. The van der Waals surface area contributed by atoms with Gasteiger partial charge in [-0.05, 0) is 41.6 Å². The summed E-state index contributed by atoms with van der Waals surface area (Å²) in [5.74, 6) is -0.420. The minimum Gasteiger partial charge on any atom is -0.354 e. The molecule has 5 heteroatoms. The van der Waals surface area contributed by atoms with E-state index in [9.17, 15) is 9.59 Å². The van der Waals surface area contributed by atoms with Crippen molar-refractivity contribution in [3.63, 3.8) is 0 Å². The van der Waals surface area contributed by atoms with Gasteiger partial charge >= 0.3 is 0 Å². The Balaban J connectivity index is 1.36. The lowest BCUT2D eigenvalue weighted by Gasteiger charge is -2.19. The highest BCUT2D eigenvalue weighted by Crippen LogP contribution is 2.15. The molecule has 5 nitrogen and oxygen atoms in total. The Morgan fingerprint density at radius 3 is 2.28 bits per heavy atom. The van der Waals surface area contributed by atoms with Crippen molar-refractivity contribution in [1.82, 2.24) is 15.2 Å². The molecule has 32 heavy (non-hydrogen) atoms. The predicted octanol–water partition coefficient (Wildman–Crippen LogP) is 4.19. The van der Waals surface area contributed by atoms with Crippen molar-refractivity contribution >= 4 is 22.7 Å². The third-order valence-electron chi connectivity index (χ3n) is 5.50. The number of benzene rings is 3. The van der Waals surface area contributed by atoms with E-state index in [2.05, 4.69) is 39.6 Å². The summed E-state index contributed by atoms with van der Waals surface area (Å²) in [7, 11) is 0. The van der Waals surface area contributed by atoms with Gasteiger partial charge in [0.15, 0.2) is 0 Å². The van der Waals surface area contributed by atoms with E-state index in [0.717, 1.165) is 18.5 Å². The molecule has 0 radical (unpaired) electrons. The van der Waals surface area contributed by atoms with Crippen LogP contribution in [0.2, 0.25) is 0 Å². The standard InChI is InChI=1S/C27H27N3O2/c31-26(23-13-5-2-6-14-23)29-24(20-21-10-3-1-4-11-21)27(32)28-17-9-18-30-19-16-22-12-7-8-15-25(22)30/h1-8,10-16,19,24H,9,17-18,20H2,(H,28,32)(H,29,31). The van der Waals surface area contributed by atoms with Gasteiger partial charge in [0.1, 0.15) is 6.04 Å². The maximum absolute atomic E-state index is 13.0. The number of carbonyl (C=O) groups is 2. The maximum Gasteiger partial charge on any atom is 0.251 e. The van der Waals surface area contributed by atoms with E-state index in [0.29, 0.717) is 18.5 Å². The average molecular weight is 426 g/mol. The van der Waals surface area contributed by atoms with E-state index in [4.69, 9.17) is 0 Å². The molecule has 0 aliphatic carbocycles. The molecule has 1 heterocycles. The molecule has 162 valence electrons. The molecule has 1 atom stereocenters. The Morgan fingerprint density at radius 2 is 1.50 bits per heavy atom. The Hall–Kier alpha value is -3.86. The minimum atomic E-state index is -0.641. The van der Waals surface area contributed by atoms with Crippen LogP contribution >= 0.6 is 0 Å². The van der Waals surface area contributed by atoms with Gasteiger partial charge in [0.2, 0.25) is 5.91 Å². The fourth-order valence-corrected chi connectivity index (χ4v) is 3.81. The van der Waals surface area contributed by atoms with Crippen LogP contribution in [0.25, 0.3) is 10.9 Å². The van der Waals surface area contributed by atoms with Crippen molar-refractivity contribution in [1.29, 1.82) is 0 Å². The summed E-state index contributed by atoms with van der Waals surface area (Å²) in [5.41, 5.74) is 2.73. The number of aromatic nitrogens is 1. The maximum atomic E-state index is 13.0. The average Bonchev–Trinajstić information content (AvgIpc) is 3.25. The zero-order valence-electron chi connectivity index (χ0n) is 17.9. The molecule has 1 aromatic heterocycles. The van der Waals surface area contributed by atoms with Crippen LogP contribution in [0, 0.1) is 0 Å². The van der Waals surface area contributed by atoms with Crippen LogP contribution in [-0.2, 0) is 17.8 Å². The number of fused-ring (bicyclic) bond motifs is 1. The smallest absolute Gasteiger partial charge is 0.251 e. The molecule has 2 N–H and O–H groups in total. The van der Waals surface area contributed by atoms with E-state index in [-0.39, 0.29) is 11.8 Å². The van der Waals surface area contributed by atoms with E-state index < -0.39 is 6.04 Å². The second-order valence-electron chi connectivity index (χ2n) is 7.79. The molecule has 1 unspecified atom stereocenters. The summed E-state index contributed by atoms with van der Waals surface area (Å²) in [4.78, 5) is 25.6. The molecule has 0 aliphatic rings. The third kappa shape index (κ3) is 5.43. The monoisotopic (exact) mass is 425 g/mol. The highest BCUT2D eigenvalue weighted by Gasteiger charge is 2.21. The number of nitrogens with zero attached hydrogens (tertiary/aromatic N) is 1. The van der Waals surface area contributed by atoms with Crippen molar-refractivity contribution in [2.45, 2.75) is 25.4 Å². The number of carbonyl (C=O) groups excluding carboxylic acids is 2. The van der Waals surface area contributed by atoms with Gasteiger partial charge in [-0.3, -0.25) is 9.59 Å². The first kappa shape index (κ1) is 21.4. The summed E-state index contributed by atoms with van der Waals surface area (Å²) < 4.78 is 2.19. The van der Waals surface area contributed by atoms with Gasteiger partial charge in [0, 0.05) is 36.8 Å². The predicted molar refractivity (Wildman–Crippen MR) is 127 cm³/mol. The van der Waals surface area contributed by atoms with Crippen LogP contribution < -0.4 is 10.6 Å². The van der Waals surface area contributed by atoms with Crippen molar-refractivity contribution in [2.75, 3.05) is 6.54 Å². The summed E-state index contributed by atoms with van der Waals surface area (Å²) in [5, 5.41) is 7.12. The Labute approximate surface area is 188 Å². The number of rotatable bonds is 9. The molecule has 4 rings (SSSR count). The highest BCUT2D eigenvalue weighted by molar-refractivity contribution is 5.97. The number of hydrogen-bond acceptors (Lipinski definition) is 2. The number of aryl methyl sites for hydroxylation is 1. The first-order valence-corrected chi connectivity index (χ1v) is 10.9. The van der Waals surface area contributed by atoms with E-state index in [1.54, 1.807) is 12.1 Å².